The summed E-state index contributed by atoms with van der Waals surface area (Å²) in [6.45, 7) is 1.26. The van der Waals surface area contributed by atoms with Gasteiger partial charge in [-0.25, -0.2) is 4.39 Å². The van der Waals surface area contributed by atoms with Gasteiger partial charge in [0.2, 0.25) is 5.91 Å². The van der Waals surface area contributed by atoms with Crippen LogP contribution in [0.1, 0.15) is 12.8 Å². The molecule has 1 fully saturated rings. The molecular formula is C12H13BrFNO2. The van der Waals surface area contributed by atoms with Crippen LogP contribution < -0.4 is 5.32 Å². The number of hydrogen-bond acceptors (Lipinski definition) is 2. The molecule has 0 atom stereocenters. The van der Waals surface area contributed by atoms with E-state index in [0.717, 1.165) is 12.8 Å². The SMILES string of the molecule is O=C(Nc1ccc(F)c(Br)c1)C1CCOCC1. The van der Waals surface area contributed by atoms with Crippen LogP contribution in [0.5, 0.6) is 0 Å². The van der Waals surface area contributed by atoms with Gasteiger partial charge in [-0.2, -0.15) is 0 Å². The monoisotopic (exact) mass is 301 g/mol. The summed E-state index contributed by atoms with van der Waals surface area (Å²) in [7, 11) is 0. The highest BCUT2D eigenvalue weighted by Crippen LogP contribution is 2.22. The lowest BCUT2D eigenvalue weighted by atomic mass is 9.99. The summed E-state index contributed by atoms with van der Waals surface area (Å²) in [5.74, 6) is -0.367. The van der Waals surface area contributed by atoms with Crippen molar-refractivity contribution in [2.45, 2.75) is 12.8 Å². The van der Waals surface area contributed by atoms with E-state index in [1.54, 1.807) is 12.1 Å². The Morgan fingerprint density at radius 3 is 2.76 bits per heavy atom. The first-order valence-corrected chi connectivity index (χ1v) is 6.30. The van der Waals surface area contributed by atoms with Crippen molar-refractivity contribution in [3.63, 3.8) is 0 Å². The fourth-order valence-electron chi connectivity index (χ4n) is 1.78. The van der Waals surface area contributed by atoms with Crippen molar-refractivity contribution in [3.05, 3.63) is 28.5 Å². The highest BCUT2D eigenvalue weighted by Gasteiger charge is 2.21. The molecule has 3 nitrogen and oxygen atoms in total. The summed E-state index contributed by atoms with van der Waals surface area (Å²) in [5, 5.41) is 2.79. The van der Waals surface area contributed by atoms with Crippen LogP contribution in [0.2, 0.25) is 0 Å². The molecule has 2 rings (SSSR count). The minimum Gasteiger partial charge on any atom is -0.381 e. The van der Waals surface area contributed by atoms with E-state index in [1.165, 1.54) is 6.07 Å². The van der Waals surface area contributed by atoms with Gasteiger partial charge in [0.25, 0.3) is 0 Å². The zero-order chi connectivity index (χ0) is 12.3. The van der Waals surface area contributed by atoms with Gasteiger partial charge < -0.3 is 10.1 Å². The van der Waals surface area contributed by atoms with Crippen molar-refractivity contribution in [2.24, 2.45) is 5.92 Å². The quantitative estimate of drug-likeness (QED) is 0.912. The van der Waals surface area contributed by atoms with Crippen molar-refractivity contribution in [2.75, 3.05) is 18.5 Å². The smallest absolute Gasteiger partial charge is 0.227 e. The summed E-state index contributed by atoms with van der Waals surface area (Å²) in [6.07, 6.45) is 1.49. The van der Waals surface area contributed by atoms with E-state index in [2.05, 4.69) is 21.2 Å². The molecule has 0 aromatic heterocycles. The summed E-state index contributed by atoms with van der Waals surface area (Å²) < 4.78 is 18.6. The number of hydrogen-bond donors (Lipinski definition) is 1. The van der Waals surface area contributed by atoms with Gasteiger partial charge in [0.1, 0.15) is 5.82 Å². The number of carbonyl (C=O) groups is 1. The van der Waals surface area contributed by atoms with Crippen LogP contribution in [0.3, 0.4) is 0 Å². The van der Waals surface area contributed by atoms with E-state index >= 15 is 0 Å². The van der Waals surface area contributed by atoms with Gasteiger partial charge in [0.05, 0.1) is 4.47 Å². The van der Waals surface area contributed by atoms with E-state index in [1.807, 2.05) is 0 Å². The van der Waals surface area contributed by atoms with Crippen LogP contribution in [0.25, 0.3) is 0 Å². The number of rotatable bonds is 2. The Balaban J connectivity index is 1.99. The summed E-state index contributed by atoms with van der Waals surface area (Å²) in [5.41, 5.74) is 0.606. The van der Waals surface area contributed by atoms with Crippen LogP contribution >= 0.6 is 15.9 Å². The van der Waals surface area contributed by atoms with Crippen molar-refractivity contribution < 1.29 is 13.9 Å². The van der Waals surface area contributed by atoms with Gasteiger partial charge in [0.15, 0.2) is 0 Å². The number of benzene rings is 1. The first-order valence-electron chi connectivity index (χ1n) is 5.50. The Kier molecular flexibility index (Phi) is 4.12. The van der Waals surface area contributed by atoms with Crippen molar-refractivity contribution >= 4 is 27.5 Å². The Morgan fingerprint density at radius 2 is 2.12 bits per heavy atom. The first-order chi connectivity index (χ1) is 8.16. The molecule has 0 spiro atoms. The summed E-state index contributed by atoms with van der Waals surface area (Å²) >= 11 is 3.09. The van der Waals surface area contributed by atoms with Crippen molar-refractivity contribution in [3.8, 4) is 0 Å². The first kappa shape index (κ1) is 12.5. The fraction of sp³-hybridized carbons (Fsp3) is 0.417. The average molecular weight is 302 g/mol. The standard InChI is InChI=1S/C12H13BrFNO2/c13-10-7-9(1-2-11(10)14)15-12(16)8-3-5-17-6-4-8/h1-2,7-8H,3-6H2,(H,15,16). The molecule has 0 radical (unpaired) electrons. The largest absolute Gasteiger partial charge is 0.381 e. The van der Waals surface area contributed by atoms with Gasteiger partial charge in [-0.1, -0.05) is 0 Å². The molecule has 17 heavy (non-hydrogen) atoms. The van der Waals surface area contributed by atoms with E-state index < -0.39 is 0 Å². The molecule has 0 aliphatic carbocycles. The molecule has 1 aromatic carbocycles. The van der Waals surface area contributed by atoms with Gasteiger partial charge in [-0.15, -0.1) is 0 Å². The lowest BCUT2D eigenvalue weighted by Crippen LogP contribution is -2.28. The Labute approximate surface area is 107 Å². The van der Waals surface area contributed by atoms with E-state index in [-0.39, 0.29) is 17.6 Å². The minimum absolute atomic E-state index is 0.00687. The number of nitrogens with one attached hydrogen (secondary N) is 1. The second-order valence-corrected chi connectivity index (χ2v) is 4.86. The maximum absolute atomic E-state index is 13.0. The second kappa shape index (κ2) is 5.60. The minimum atomic E-state index is -0.339. The molecule has 0 saturated carbocycles. The number of ether oxygens (including phenoxy) is 1. The molecule has 1 N–H and O–H groups in total. The zero-order valence-corrected chi connectivity index (χ0v) is 10.8. The van der Waals surface area contributed by atoms with Gasteiger partial charge in [-0.05, 0) is 47.0 Å². The molecule has 0 bridgehead atoms. The zero-order valence-electron chi connectivity index (χ0n) is 9.21. The van der Waals surface area contributed by atoms with E-state index in [9.17, 15) is 9.18 Å². The lowest BCUT2D eigenvalue weighted by Gasteiger charge is -2.21. The van der Waals surface area contributed by atoms with Crippen LogP contribution in [0.15, 0.2) is 22.7 Å². The van der Waals surface area contributed by atoms with Gasteiger partial charge in [-0.3, -0.25) is 4.79 Å². The van der Waals surface area contributed by atoms with Crippen LogP contribution in [0.4, 0.5) is 10.1 Å². The van der Waals surface area contributed by atoms with Crippen LogP contribution in [0, 0.1) is 11.7 Å². The molecule has 1 aliphatic rings. The van der Waals surface area contributed by atoms with Crippen LogP contribution in [-0.2, 0) is 9.53 Å². The number of anilines is 1. The molecule has 1 aliphatic heterocycles. The average Bonchev–Trinajstić information content (AvgIpc) is 2.35. The maximum Gasteiger partial charge on any atom is 0.227 e. The van der Waals surface area contributed by atoms with Gasteiger partial charge >= 0.3 is 0 Å². The molecule has 1 saturated heterocycles. The van der Waals surface area contributed by atoms with E-state index in [0.29, 0.717) is 23.4 Å². The topological polar surface area (TPSA) is 38.3 Å². The summed E-state index contributed by atoms with van der Waals surface area (Å²) in [6, 6.07) is 4.44. The molecule has 1 heterocycles. The highest BCUT2D eigenvalue weighted by atomic mass is 79.9. The van der Waals surface area contributed by atoms with Crippen LogP contribution in [-0.4, -0.2) is 19.1 Å². The molecule has 0 unspecified atom stereocenters. The normalized spacial score (nSPS) is 16.8. The lowest BCUT2D eigenvalue weighted by molar-refractivity contribution is -0.122. The third-order valence-electron chi connectivity index (χ3n) is 2.78. The molecule has 1 aromatic rings. The summed E-state index contributed by atoms with van der Waals surface area (Å²) in [4.78, 5) is 11.9. The fourth-order valence-corrected chi connectivity index (χ4v) is 2.16. The predicted molar refractivity (Wildman–Crippen MR) is 66.3 cm³/mol. The van der Waals surface area contributed by atoms with Crippen molar-refractivity contribution in [1.82, 2.24) is 0 Å². The molecule has 92 valence electrons. The maximum atomic E-state index is 13.0. The number of carbonyl (C=O) groups excluding carboxylic acids is 1. The Hall–Kier alpha value is -0.940. The number of amides is 1. The van der Waals surface area contributed by atoms with Crippen molar-refractivity contribution in [1.29, 1.82) is 0 Å². The molecule has 5 heteroatoms. The van der Waals surface area contributed by atoms with Gasteiger partial charge in [0, 0.05) is 24.8 Å². The molecular weight excluding hydrogens is 289 g/mol. The highest BCUT2D eigenvalue weighted by molar-refractivity contribution is 9.10. The Morgan fingerprint density at radius 1 is 1.41 bits per heavy atom. The Bertz CT molecular complexity index is 419. The predicted octanol–water partition coefficient (Wildman–Crippen LogP) is 2.95. The third-order valence-corrected chi connectivity index (χ3v) is 3.39. The number of halogens is 2. The van der Waals surface area contributed by atoms with E-state index in [4.69, 9.17) is 4.74 Å². The third kappa shape index (κ3) is 3.26. The molecule has 1 amide bonds. The second-order valence-electron chi connectivity index (χ2n) is 4.00.